The number of aromatic hydroxyl groups is 2. The minimum atomic E-state index is -0.410. The van der Waals surface area contributed by atoms with Gasteiger partial charge in [-0.1, -0.05) is 0 Å². The predicted octanol–water partition coefficient (Wildman–Crippen LogP) is 0.183. The summed E-state index contributed by atoms with van der Waals surface area (Å²) >= 11 is 0. The van der Waals surface area contributed by atoms with Crippen molar-refractivity contribution in [1.82, 2.24) is 0 Å². The maximum absolute atomic E-state index is 8.73. The van der Waals surface area contributed by atoms with E-state index in [9.17, 15) is 0 Å². The molecule has 0 saturated carbocycles. The van der Waals surface area contributed by atoms with Gasteiger partial charge in [-0.2, -0.15) is 0 Å². The van der Waals surface area contributed by atoms with E-state index in [0.717, 1.165) is 6.26 Å². The van der Waals surface area contributed by atoms with Crippen molar-refractivity contribution in [3.8, 4) is 11.5 Å². The maximum atomic E-state index is 8.73. The molecule has 0 aromatic carbocycles. The molecule has 0 unspecified atom stereocenters. The lowest BCUT2D eigenvalue weighted by Gasteiger charge is -1.87. The average Bonchev–Trinajstić information content (AvgIpc) is 2.15. The van der Waals surface area contributed by atoms with Gasteiger partial charge in [0, 0.05) is 0 Å². The molecule has 0 radical (unpaired) electrons. The van der Waals surface area contributed by atoms with Gasteiger partial charge >= 0.3 is 0 Å². The Labute approximate surface area is 51.0 Å². The highest BCUT2D eigenvalue weighted by Crippen LogP contribution is 2.30. The Morgan fingerprint density at radius 2 is 2.11 bits per heavy atom. The number of hydrogen-bond acceptors (Lipinski definition) is 4. The van der Waals surface area contributed by atoms with Crippen LogP contribution in [0.25, 0.3) is 0 Å². The molecule has 0 amide bonds. The lowest BCUT2D eigenvalue weighted by atomic mass is 10.4. The summed E-state index contributed by atoms with van der Waals surface area (Å²) in [6.45, 7) is -0.410. The van der Waals surface area contributed by atoms with Crippen molar-refractivity contribution < 1.29 is 19.7 Å². The van der Waals surface area contributed by atoms with E-state index in [1.165, 1.54) is 0 Å². The highest BCUT2D eigenvalue weighted by molar-refractivity contribution is 5.37. The Bertz CT molecular complexity index is 203. The zero-order valence-corrected chi connectivity index (χ0v) is 4.53. The molecule has 0 spiro atoms. The fraction of sp³-hybridized carbons (Fsp3) is 0.200. The van der Waals surface area contributed by atoms with Crippen LogP contribution in [0, 0.1) is 0 Å². The summed E-state index contributed by atoms with van der Waals surface area (Å²) in [5.74, 6) is -0.760. The van der Waals surface area contributed by atoms with Gasteiger partial charge in [-0.25, -0.2) is 0 Å². The van der Waals surface area contributed by atoms with Crippen LogP contribution in [-0.2, 0) is 6.61 Å². The van der Waals surface area contributed by atoms with Crippen molar-refractivity contribution in [2.24, 2.45) is 0 Å². The minimum Gasteiger partial charge on any atom is -0.502 e. The molecule has 0 aliphatic rings. The quantitative estimate of drug-likeness (QED) is 0.507. The predicted molar refractivity (Wildman–Crippen MR) is 28.0 cm³/mol. The third kappa shape index (κ3) is 0.837. The molecule has 50 valence electrons. The molecule has 0 saturated heterocycles. The highest BCUT2D eigenvalue weighted by Gasteiger charge is 2.08. The first-order chi connectivity index (χ1) is 4.25. The van der Waals surface area contributed by atoms with E-state index in [4.69, 9.17) is 15.3 Å². The first-order valence-corrected chi connectivity index (χ1v) is 2.35. The second kappa shape index (κ2) is 1.99. The van der Waals surface area contributed by atoms with Crippen LogP contribution >= 0.6 is 0 Å². The van der Waals surface area contributed by atoms with Crippen LogP contribution in [0.4, 0.5) is 0 Å². The first kappa shape index (κ1) is 5.97. The summed E-state index contributed by atoms with van der Waals surface area (Å²) in [6.07, 6.45) is 0.959. The molecular formula is C5H6O4. The smallest absolute Gasteiger partial charge is 0.202 e. The van der Waals surface area contributed by atoms with Gasteiger partial charge in [-0.3, -0.25) is 0 Å². The van der Waals surface area contributed by atoms with Crippen LogP contribution < -0.4 is 0 Å². The largest absolute Gasteiger partial charge is 0.502 e. The third-order valence-electron chi connectivity index (χ3n) is 0.963. The van der Waals surface area contributed by atoms with E-state index in [-0.39, 0.29) is 11.5 Å². The summed E-state index contributed by atoms with van der Waals surface area (Å²) in [4.78, 5) is 0. The van der Waals surface area contributed by atoms with E-state index in [0.29, 0.717) is 0 Å². The molecule has 0 atom stereocenters. The maximum Gasteiger partial charge on any atom is 0.202 e. The molecule has 4 heteroatoms. The van der Waals surface area contributed by atoms with Crippen LogP contribution in [0.5, 0.6) is 11.5 Å². The number of aliphatic hydroxyl groups excluding tert-OH is 1. The number of hydrogen-bond donors (Lipinski definition) is 3. The van der Waals surface area contributed by atoms with Crippen molar-refractivity contribution >= 4 is 0 Å². The first-order valence-electron chi connectivity index (χ1n) is 2.35. The van der Waals surface area contributed by atoms with Crippen LogP contribution in [0.2, 0.25) is 0 Å². The number of furan rings is 1. The Morgan fingerprint density at radius 1 is 1.44 bits per heavy atom. The standard InChI is InChI=1S/C5H6O4/c6-1-4-5(8)3(7)2-9-4/h2,6-8H,1H2. The van der Waals surface area contributed by atoms with Gasteiger partial charge in [0.25, 0.3) is 0 Å². The van der Waals surface area contributed by atoms with Crippen molar-refractivity contribution in [3.05, 3.63) is 12.0 Å². The molecule has 0 aliphatic carbocycles. The normalized spacial score (nSPS) is 9.89. The Kier molecular flexibility index (Phi) is 1.32. The summed E-state index contributed by atoms with van der Waals surface area (Å²) in [5.41, 5.74) is 0. The summed E-state index contributed by atoms with van der Waals surface area (Å²) in [6, 6.07) is 0. The lowest BCUT2D eigenvalue weighted by Crippen LogP contribution is -1.75. The van der Waals surface area contributed by atoms with Crippen LogP contribution in [0.3, 0.4) is 0 Å². The van der Waals surface area contributed by atoms with Crippen LogP contribution in [0.1, 0.15) is 5.76 Å². The molecule has 0 bridgehead atoms. The molecule has 1 rings (SSSR count). The van der Waals surface area contributed by atoms with E-state index >= 15 is 0 Å². The lowest BCUT2D eigenvalue weighted by molar-refractivity contribution is 0.239. The van der Waals surface area contributed by atoms with Crippen molar-refractivity contribution in [1.29, 1.82) is 0 Å². The molecule has 9 heavy (non-hydrogen) atoms. The van der Waals surface area contributed by atoms with Gasteiger partial charge in [0.15, 0.2) is 11.5 Å². The third-order valence-corrected chi connectivity index (χ3v) is 0.963. The van der Waals surface area contributed by atoms with Crippen LogP contribution in [-0.4, -0.2) is 15.3 Å². The van der Waals surface area contributed by atoms with Gasteiger partial charge in [0.1, 0.15) is 12.9 Å². The van der Waals surface area contributed by atoms with E-state index < -0.39 is 12.4 Å². The number of aliphatic hydroxyl groups is 1. The van der Waals surface area contributed by atoms with Crippen molar-refractivity contribution in [2.45, 2.75) is 6.61 Å². The fourth-order valence-electron chi connectivity index (χ4n) is 0.494. The highest BCUT2D eigenvalue weighted by atomic mass is 16.4. The molecule has 1 aromatic rings. The Hall–Kier alpha value is -1.16. The van der Waals surface area contributed by atoms with Gasteiger partial charge < -0.3 is 19.7 Å². The van der Waals surface area contributed by atoms with Gasteiger partial charge in [-0.15, -0.1) is 0 Å². The van der Waals surface area contributed by atoms with E-state index in [1.807, 2.05) is 0 Å². The molecule has 0 fully saturated rings. The van der Waals surface area contributed by atoms with Gasteiger partial charge in [-0.05, 0) is 0 Å². The van der Waals surface area contributed by atoms with Crippen molar-refractivity contribution in [2.75, 3.05) is 0 Å². The van der Waals surface area contributed by atoms with Gasteiger partial charge in [0.05, 0.1) is 0 Å². The number of rotatable bonds is 1. The zero-order valence-electron chi connectivity index (χ0n) is 4.53. The summed E-state index contributed by atoms with van der Waals surface area (Å²) in [5, 5.41) is 25.7. The fourth-order valence-corrected chi connectivity index (χ4v) is 0.494. The summed E-state index contributed by atoms with van der Waals surface area (Å²) < 4.78 is 4.49. The molecular weight excluding hydrogens is 124 g/mol. The molecule has 3 N–H and O–H groups in total. The molecule has 1 heterocycles. The average molecular weight is 130 g/mol. The van der Waals surface area contributed by atoms with Crippen LogP contribution in [0.15, 0.2) is 10.7 Å². The SMILES string of the molecule is OCc1occ(O)c1O. The monoisotopic (exact) mass is 130 g/mol. The van der Waals surface area contributed by atoms with E-state index in [2.05, 4.69) is 4.42 Å². The molecule has 4 nitrogen and oxygen atoms in total. The second-order valence-electron chi connectivity index (χ2n) is 1.55. The topological polar surface area (TPSA) is 73.8 Å². The Balaban J connectivity index is 3.04. The van der Waals surface area contributed by atoms with Gasteiger partial charge in [0.2, 0.25) is 5.75 Å². The van der Waals surface area contributed by atoms with Crippen molar-refractivity contribution in [3.63, 3.8) is 0 Å². The molecule has 0 aliphatic heterocycles. The summed E-state index contributed by atoms with van der Waals surface area (Å²) in [7, 11) is 0. The molecule has 1 aromatic heterocycles. The second-order valence-corrected chi connectivity index (χ2v) is 1.55. The Morgan fingerprint density at radius 3 is 2.33 bits per heavy atom. The zero-order chi connectivity index (χ0) is 6.85. The van der Waals surface area contributed by atoms with E-state index in [1.54, 1.807) is 0 Å². The minimum absolute atomic E-state index is 0.0208.